The van der Waals surface area contributed by atoms with Gasteiger partial charge in [0.2, 0.25) is 0 Å². The van der Waals surface area contributed by atoms with Gasteiger partial charge in [-0.15, -0.1) is 0 Å². The lowest BCUT2D eigenvalue weighted by molar-refractivity contribution is -0.173. The Morgan fingerprint density at radius 2 is 1.78 bits per heavy atom. The van der Waals surface area contributed by atoms with Gasteiger partial charge in [0.15, 0.2) is 9.84 Å². The number of sulfone groups is 1. The van der Waals surface area contributed by atoms with E-state index < -0.39 is 27.3 Å². The molecule has 0 unspecified atom stereocenters. The number of ether oxygens (including phenoxy) is 1. The molecule has 0 bridgehead atoms. The lowest BCUT2D eigenvalue weighted by atomic mass is 10.1. The molecule has 18 heavy (non-hydrogen) atoms. The Labute approximate surface area is 103 Å². The fraction of sp³-hybridized carbons (Fsp3) is 0.364. The van der Waals surface area contributed by atoms with Gasteiger partial charge < -0.3 is 4.74 Å². The standard InChI is InChI=1S/C11H12F2O4S/c1-3-17-10(14)11(12,13)8-4-6-9(7-5-8)18(2,15)16/h4-7H,3H2,1-2H3. The quantitative estimate of drug-likeness (QED) is 0.787. The van der Waals surface area contributed by atoms with Gasteiger partial charge in [0.25, 0.3) is 0 Å². The first-order valence-corrected chi connectivity index (χ1v) is 6.94. The van der Waals surface area contributed by atoms with E-state index in [9.17, 15) is 22.0 Å². The van der Waals surface area contributed by atoms with E-state index >= 15 is 0 Å². The first-order chi connectivity index (χ1) is 8.19. The molecule has 0 aliphatic rings. The maximum absolute atomic E-state index is 13.5. The predicted octanol–water partition coefficient (Wildman–Crippen LogP) is 1.75. The predicted molar refractivity (Wildman–Crippen MR) is 60.1 cm³/mol. The summed E-state index contributed by atoms with van der Waals surface area (Å²) >= 11 is 0. The molecule has 0 atom stereocenters. The van der Waals surface area contributed by atoms with Crippen molar-refractivity contribution in [3.05, 3.63) is 29.8 Å². The molecule has 7 heteroatoms. The molecule has 0 fully saturated rings. The average molecular weight is 278 g/mol. The van der Waals surface area contributed by atoms with Gasteiger partial charge in [-0.1, -0.05) is 12.1 Å². The molecule has 1 rings (SSSR count). The van der Waals surface area contributed by atoms with Gasteiger partial charge in [0, 0.05) is 11.8 Å². The molecule has 0 spiro atoms. The van der Waals surface area contributed by atoms with Gasteiger partial charge in [-0.25, -0.2) is 13.2 Å². The molecule has 0 amide bonds. The summed E-state index contributed by atoms with van der Waals surface area (Å²) in [7, 11) is -3.46. The summed E-state index contributed by atoms with van der Waals surface area (Å²) < 4.78 is 53.6. The van der Waals surface area contributed by atoms with Gasteiger partial charge in [-0.05, 0) is 19.1 Å². The highest BCUT2D eigenvalue weighted by Crippen LogP contribution is 2.30. The summed E-state index contributed by atoms with van der Waals surface area (Å²) in [5.74, 6) is -5.44. The van der Waals surface area contributed by atoms with Crippen LogP contribution in [0.3, 0.4) is 0 Å². The molecule has 0 saturated carbocycles. The maximum atomic E-state index is 13.5. The van der Waals surface area contributed by atoms with E-state index in [0.29, 0.717) is 0 Å². The molecular formula is C11H12F2O4S. The van der Waals surface area contributed by atoms with Crippen molar-refractivity contribution in [2.75, 3.05) is 12.9 Å². The summed E-state index contributed by atoms with van der Waals surface area (Å²) in [6, 6.07) is 3.84. The van der Waals surface area contributed by atoms with Gasteiger partial charge in [-0.2, -0.15) is 8.78 Å². The second kappa shape index (κ2) is 5.01. The first-order valence-electron chi connectivity index (χ1n) is 5.05. The number of halogens is 2. The fourth-order valence-electron chi connectivity index (χ4n) is 1.25. The van der Waals surface area contributed by atoms with Crippen LogP contribution < -0.4 is 0 Å². The third kappa shape index (κ3) is 3.04. The summed E-state index contributed by atoms with van der Waals surface area (Å²) in [5.41, 5.74) is -0.603. The van der Waals surface area contributed by atoms with Crippen LogP contribution in [0.5, 0.6) is 0 Å². The lowest BCUT2D eigenvalue weighted by Gasteiger charge is -2.14. The number of hydrogen-bond donors (Lipinski definition) is 0. The molecule has 1 aromatic rings. The summed E-state index contributed by atoms with van der Waals surface area (Å²) in [6.07, 6.45) is 0.964. The van der Waals surface area contributed by atoms with Crippen LogP contribution in [0, 0.1) is 0 Å². The summed E-state index contributed by atoms with van der Waals surface area (Å²) in [5, 5.41) is 0. The van der Waals surface area contributed by atoms with Crippen LogP contribution in [-0.4, -0.2) is 27.2 Å². The van der Waals surface area contributed by atoms with E-state index in [1.807, 2.05) is 0 Å². The molecule has 0 aromatic heterocycles. The Morgan fingerprint density at radius 1 is 1.28 bits per heavy atom. The molecule has 0 N–H and O–H groups in total. The highest BCUT2D eigenvalue weighted by Gasteiger charge is 2.42. The van der Waals surface area contributed by atoms with Gasteiger partial charge in [0.05, 0.1) is 11.5 Å². The molecule has 0 aliphatic carbocycles. The van der Waals surface area contributed by atoms with Crippen LogP contribution in [0.4, 0.5) is 8.78 Å². The normalized spacial score (nSPS) is 12.2. The molecular weight excluding hydrogens is 266 g/mol. The molecule has 0 heterocycles. The van der Waals surface area contributed by atoms with Crippen LogP contribution >= 0.6 is 0 Å². The lowest BCUT2D eigenvalue weighted by Crippen LogP contribution is -2.28. The first kappa shape index (κ1) is 14.6. The van der Waals surface area contributed by atoms with Crippen molar-refractivity contribution in [1.29, 1.82) is 0 Å². The smallest absolute Gasteiger partial charge is 0.381 e. The third-order valence-electron chi connectivity index (χ3n) is 2.18. The Morgan fingerprint density at radius 3 is 2.17 bits per heavy atom. The number of rotatable bonds is 4. The zero-order chi connectivity index (χ0) is 14.0. The van der Waals surface area contributed by atoms with Gasteiger partial charge in [0.1, 0.15) is 0 Å². The third-order valence-corrected chi connectivity index (χ3v) is 3.31. The highest BCUT2D eigenvalue weighted by molar-refractivity contribution is 7.90. The molecule has 0 saturated heterocycles. The van der Waals surface area contributed by atoms with E-state index in [1.165, 1.54) is 6.92 Å². The number of carbonyl (C=O) groups excluding carboxylic acids is 1. The molecule has 4 nitrogen and oxygen atoms in total. The Kier molecular flexibility index (Phi) is 4.05. The van der Waals surface area contributed by atoms with E-state index in [4.69, 9.17) is 0 Å². The van der Waals surface area contributed by atoms with Crippen molar-refractivity contribution < 1.29 is 26.7 Å². The zero-order valence-electron chi connectivity index (χ0n) is 9.81. The Balaban J connectivity index is 3.08. The van der Waals surface area contributed by atoms with Crippen molar-refractivity contribution in [2.45, 2.75) is 17.7 Å². The minimum absolute atomic E-state index is 0.0918. The van der Waals surface area contributed by atoms with Crippen LogP contribution in [-0.2, 0) is 25.3 Å². The second-order valence-electron chi connectivity index (χ2n) is 3.59. The SMILES string of the molecule is CCOC(=O)C(F)(F)c1ccc(S(C)(=O)=O)cc1. The van der Waals surface area contributed by atoms with Crippen LogP contribution in [0.25, 0.3) is 0 Å². The van der Waals surface area contributed by atoms with E-state index in [0.717, 1.165) is 30.5 Å². The number of alkyl halides is 2. The monoisotopic (exact) mass is 278 g/mol. The van der Waals surface area contributed by atoms with E-state index in [1.54, 1.807) is 0 Å². The number of carbonyl (C=O) groups is 1. The van der Waals surface area contributed by atoms with E-state index in [2.05, 4.69) is 4.74 Å². The minimum atomic E-state index is -3.79. The Bertz CT molecular complexity index is 535. The average Bonchev–Trinajstić information content (AvgIpc) is 2.28. The van der Waals surface area contributed by atoms with E-state index in [-0.39, 0.29) is 11.5 Å². The topological polar surface area (TPSA) is 60.4 Å². The molecule has 1 aromatic carbocycles. The summed E-state index contributed by atoms with van der Waals surface area (Å²) in [6.45, 7) is 1.26. The van der Waals surface area contributed by atoms with Crippen molar-refractivity contribution in [1.82, 2.24) is 0 Å². The zero-order valence-corrected chi connectivity index (χ0v) is 10.6. The Hall–Kier alpha value is -1.50. The highest BCUT2D eigenvalue weighted by atomic mass is 32.2. The van der Waals surface area contributed by atoms with Crippen molar-refractivity contribution in [3.63, 3.8) is 0 Å². The van der Waals surface area contributed by atoms with Crippen molar-refractivity contribution >= 4 is 15.8 Å². The number of hydrogen-bond acceptors (Lipinski definition) is 4. The van der Waals surface area contributed by atoms with Crippen LogP contribution in [0.2, 0.25) is 0 Å². The molecule has 0 aliphatic heterocycles. The van der Waals surface area contributed by atoms with Crippen LogP contribution in [0.15, 0.2) is 29.2 Å². The fourth-order valence-corrected chi connectivity index (χ4v) is 1.88. The molecule has 100 valence electrons. The largest absolute Gasteiger partial charge is 0.461 e. The van der Waals surface area contributed by atoms with Crippen LogP contribution in [0.1, 0.15) is 12.5 Å². The number of esters is 1. The van der Waals surface area contributed by atoms with Gasteiger partial charge >= 0.3 is 11.9 Å². The van der Waals surface area contributed by atoms with Crippen molar-refractivity contribution in [2.24, 2.45) is 0 Å². The van der Waals surface area contributed by atoms with Gasteiger partial charge in [-0.3, -0.25) is 0 Å². The molecule has 0 radical (unpaired) electrons. The maximum Gasteiger partial charge on any atom is 0.381 e. The second-order valence-corrected chi connectivity index (χ2v) is 5.61. The van der Waals surface area contributed by atoms with Crippen molar-refractivity contribution in [3.8, 4) is 0 Å². The minimum Gasteiger partial charge on any atom is -0.461 e. The number of benzene rings is 1. The summed E-state index contributed by atoms with van der Waals surface area (Å²) in [4.78, 5) is 11.0.